The molecule has 0 amide bonds. The highest BCUT2D eigenvalue weighted by Gasteiger charge is 2.37. The number of hydrogen-bond donors (Lipinski definition) is 1. The molecule has 0 saturated heterocycles. The predicted molar refractivity (Wildman–Crippen MR) is 102 cm³/mol. The molecular formula is C18H34O6Si. The van der Waals surface area contributed by atoms with Crippen LogP contribution in [0.25, 0.3) is 0 Å². The van der Waals surface area contributed by atoms with Gasteiger partial charge in [0.2, 0.25) is 0 Å². The van der Waals surface area contributed by atoms with Crippen molar-refractivity contribution in [2.45, 2.75) is 52.8 Å². The average molecular weight is 375 g/mol. The molecule has 0 bridgehead atoms. The number of aliphatic hydroxyl groups excluding tert-OH is 1. The standard InChI is InChI=1S/C12H24O3Si.C6H10O3/c1-8-14-11(13)10(2)9-15-16(6,7)12(3,4)5;1-3-9-6(8)5(2)4-7/h2,8-9H2,1,3-7H3;7H,2-4H2,1H3. The van der Waals surface area contributed by atoms with E-state index in [0.29, 0.717) is 18.8 Å². The fraction of sp³-hybridized carbons (Fsp3) is 0.667. The van der Waals surface area contributed by atoms with Crippen molar-refractivity contribution in [1.82, 2.24) is 0 Å². The fourth-order valence-corrected chi connectivity index (χ4v) is 2.04. The Hall–Kier alpha value is -1.44. The number of aliphatic hydroxyl groups is 1. The Labute approximate surface area is 153 Å². The summed E-state index contributed by atoms with van der Waals surface area (Å²) in [5, 5.41) is 8.47. The van der Waals surface area contributed by atoms with Crippen LogP contribution in [0.3, 0.4) is 0 Å². The average Bonchev–Trinajstić information content (AvgIpc) is 2.51. The number of esters is 2. The minimum absolute atomic E-state index is 0.0943. The molecule has 0 rings (SSSR count). The van der Waals surface area contributed by atoms with E-state index in [9.17, 15) is 9.59 Å². The minimum atomic E-state index is -1.81. The molecule has 0 aromatic heterocycles. The summed E-state index contributed by atoms with van der Waals surface area (Å²) >= 11 is 0. The summed E-state index contributed by atoms with van der Waals surface area (Å²) in [7, 11) is -1.81. The number of carbonyl (C=O) groups excluding carboxylic acids is 2. The van der Waals surface area contributed by atoms with Crippen molar-refractivity contribution >= 4 is 20.3 Å². The molecule has 1 N–H and O–H groups in total. The van der Waals surface area contributed by atoms with Gasteiger partial charge >= 0.3 is 11.9 Å². The molecule has 0 aliphatic heterocycles. The van der Waals surface area contributed by atoms with Gasteiger partial charge in [0.25, 0.3) is 0 Å². The van der Waals surface area contributed by atoms with Crippen molar-refractivity contribution in [3.05, 3.63) is 24.3 Å². The molecule has 146 valence electrons. The molecule has 0 heterocycles. The van der Waals surface area contributed by atoms with Gasteiger partial charge < -0.3 is 19.0 Å². The highest BCUT2D eigenvalue weighted by Crippen LogP contribution is 2.36. The first-order chi connectivity index (χ1) is 11.3. The summed E-state index contributed by atoms with van der Waals surface area (Å²) in [4.78, 5) is 21.8. The summed E-state index contributed by atoms with van der Waals surface area (Å²) < 4.78 is 15.2. The second-order valence-electron chi connectivity index (χ2n) is 6.86. The van der Waals surface area contributed by atoms with E-state index in [1.54, 1.807) is 13.8 Å². The lowest BCUT2D eigenvalue weighted by Gasteiger charge is -2.36. The molecule has 6 nitrogen and oxygen atoms in total. The third kappa shape index (κ3) is 10.9. The highest BCUT2D eigenvalue weighted by molar-refractivity contribution is 6.74. The molecule has 0 atom stereocenters. The van der Waals surface area contributed by atoms with E-state index in [1.165, 1.54) is 0 Å². The summed E-state index contributed by atoms with van der Waals surface area (Å²) in [6.07, 6.45) is 0. The van der Waals surface area contributed by atoms with Crippen LogP contribution in [0.2, 0.25) is 18.1 Å². The Balaban J connectivity index is 0. The maximum absolute atomic E-state index is 11.3. The zero-order valence-corrected chi connectivity index (χ0v) is 17.7. The summed E-state index contributed by atoms with van der Waals surface area (Å²) in [6, 6.07) is 0. The second kappa shape index (κ2) is 12.0. The topological polar surface area (TPSA) is 82.1 Å². The molecule has 0 aliphatic rings. The van der Waals surface area contributed by atoms with Crippen molar-refractivity contribution in [2.24, 2.45) is 0 Å². The van der Waals surface area contributed by atoms with E-state index < -0.39 is 14.3 Å². The van der Waals surface area contributed by atoms with Crippen LogP contribution in [0.15, 0.2) is 24.3 Å². The van der Waals surface area contributed by atoms with Crippen LogP contribution in [0.1, 0.15) is 34.6 Å². The van der Waals surface area contributed by atoms with Crippen LogP contribution in [-0.4, -0.2) is 51.8 Å². The lowest BCUT2D eigenvalue weighted by molar-refractivity contribution is -0.139. The van der Waals surface area contributed by atoms with Crippen LogP contribution in [0, 0.1) is 0 Å². The van der Waals surface area contributed by atoms with E-state index in [0.717, 1.165) is 0 Å². The van der Waals surface area contributed by atoms with Gasteiger partial charge in [-0.15, -0.1) is 0 Å². The Bertz CT molecular complexity index is 463. The first-order valence-corrected chi connectivity index (χ1v) is 11.2. The smallest absolute Gasteiger partial charge is 0.335 e. The number of carbonyl (C=O) groups is 2. The van der Waals surface area contributed by atoms with Gasteiger partial charge in [-0.05, 0) is 32.0 Å². The van der Waals surface area contributed by atoms with Gasteiger partial charge in [0.05, 0.1) is 37.6 Å². The second-order valence-corrected chi connectivity index (χ2v) is 11.7. The van der Waals surface area contributed by atoms with Gasteiger partial charge in [0.1, 0.15) is 0 Å². The summed E-state index contributed by atoms with van der Waals surface area (Å²) in [5.74, 6) is -0.888. The summed E-state index contributed by atoms with van der Waals surface area (Å²) in [6.45, 7) is 21.8. The van der Waals surface area contributed by atoms with Gasteiger partial charge in [0, 0.05) is 0 Å². The summed E-state index contributed by atoms with van der Waals surface area (Å²) in [5.41, 5.74) is 0.489. The van der Waals surface area contributed by atoms with Crippen LogP contribution >= 0.6 is 0 Å². The lowest BCUT2D eigenvalue weighted by atomic mass is 10.2. The van der Waals surface area contributed by atoms with Gasteiger partial charge in [-0.3, -0.25) is 0 Å². The first kappa shape index (κ1) is 25.8. The quantitative estimate of drug-likeness (QED) is 0.399. The van der Waals surface area contributed by atoms with Crippen molar-refractivity contribution in [2.75, 3.05) is 26.4 Å². The van der Waals surface area contributed by atoms with E-state index in [4.69, 9.17) is 14.3 Å². The minimum Gasteiger partial charge on any atom is -0.463 e. The maximum atomic E-state index is 11.3. The Morgan fingerprint density at radius 2 is 1.36 bits per heavy atom. The van der Waals surface area contributed by atoms with Crippen LogP contribution < -0.4 is 0 Å². The Morgan fingerprint density at radius 3 is 1.68 bits per heavy atom. The van der Waals surface area contributed by atoms with E-state index in [-0.39, 0.29) is 29.8 Å². The molecular weight excluding hydrogens is 340 g/mol. The third-order valence-electron chi connectivity index (χ3n) is 3.73. The molecule has 0 fully saturated rings. The number of ether oxygens (including phenoxy) is 2. The van der Waals surface area contributed by atoms with Crippen molar-refractivity contribution in [1.29, 1.82) is 0 Å². The Morgan fingerprint density at radius 1 is 0.960 bits per heavy atom. The zero-order chi connectivity index (χ0) is 20.3. The number of rotatable bonds is 8. The number of hydrogen-bond acceptors (Lipinski definition) is 6. The van der Waals surface area contributed by atoms with Crippen molar-refractivity contribution in [3.63, 3.8) is 0 Å². The molecule has 0 unspecified atom stereocenters. The largest absolute Gasteiger partial charge is 0.463 e. The molecule has 0 radical (unpaired) electrons. The van der Waals surface area contributed by atoms with Crippen molar-refractivity contribution in [3.8, 4) is 0 Å². The zero-order valence-electron chi connectivity index (χ0n) is 16.7. The SMILES string of the molecule is C=C(CO)C(=O)OCC.C=C(CO[Si](C)(C)C(C)(C)C)C(=O)OCC. The first-order valence-electron chi connectivity index (χ1n) is 8.28. The van der Waals surface area contributed by atoms with Gasteiger partial charge in [-0.2, -0.15) is 0 Å². The van der Waals surface area contributed by atoms with E-state index >= 15 is 0 Å². The van der Waals surface area contributed by atoms with Crippen LogP contribution in [0.5, 0.6) is 0 Å². The molecule has 0 aliphatic carbocycles. The Kier molecular flexibility index (Phi) is 12.4. The van der Waals surface area contributed by atoms with Crippen LogP contribution in [0.4, 0.5) is 0 Å². The lowest BCUT2D eigenvalue weighted by Crippen LogP contribution is -2.41. The van der Waals surface area contributed by atoms with E-state index in [1.807, 2.05) is 0 Å². The molecule has 7 heteroatoms. The fourth-order valence-electron chi connectivity index (χ4n) is 1.07. The van der Waals surface area contributed by atoms with Gasteiger partial charge in [-0.25, -0.2) is 9.59 Å². The molecule has 0 aromatic rings. The third-order valence-corrected chi connectivity index (χ3v) is 8.21. The molecule has 0 aromatic carbocycles. The monoisotopic (exact) mass is 374 g/mol. The molecule has 0 spiro atoms. The van der Waals surface area contributed by atoms with Crippen LogP contribution in [-0.2, 0) is 23.5 Å². The van der Waals surface area contributed by atoms with E-state index in [2.05, 4.69) is 51.8 Å². The van der Waals surface area contributed by atoms with Gasteiger partial charge in [0.15, 0.2) is 8.32 Å². The van der Waals surface area contributed by atoms with Gasteiger partial charge in [-0.1, -0.05) is 33.9 Å². The normalized spacial score (nSPS) is 11.0. The molecule has 25 heavy (non-hydrogen) atoms. The molecule has 0 saturated carbocycles. The van der Waals surface area contributed by atoms with Crippen molar-refractivity contribution < 1.29 is 28.6 Å². The maximum Gasteiger partial charge on any atom is 0.335 e. The highest BCUT2D eigenvalue weighted by atomic mass is 28.4. The predicted octanol–water partition coefficient (Wildman–Crippen LogP) is 3.23.